The molecule has 3 heterocycles. The number of hydrogen-bond acceptors (Lipinski definition) is 8. The minimum atomic E-state index is -4.79. The molecule has 1 aliphatic carbocycles. The van der Waals surface area contributed by atoms with Crippen molar-refractivity contribution in [1.82, 2.24) is 20.4 Å². The molecule has 0 aromatic carbocycles. The van der Waals surface area contributed by atoms with Crippen molar-refractivity contribution in [3.63, 3.8) is 0 Å². The average Bonchev–Trinajstić information content (AvgIpc) is 3.16. The summed E-state index contributed by atoms with van der Waals surface area (Å²) in [6, 6.07) is 0.470. The van der Waals surface area contributed by atoms with Crippen molar-refractivity contribution in [2.24, 2.45) is 21.9 Å². The second kappa shape index (κ2) is 7.68. The molecule has 3 aliphatic rings. The molecule has 6 N–H and O–H groups in total. The third-order valence-electron chi connectivity index (χ3n) is 5.89. The highest BCUT2D eigenvalue weighted by atomic mass is 32.3. The van der Waals surface area contributed by atoms with Crippen LogP contribution in [0.1, 0.15) is 36.8 Å². The summed E-state index contributed by atoms with van der Waals surface area (Å²) in [6.45, 7) is 2.06. The Hall–Kier alpha value is -2.42. The number of urea groups is 1. The number of nitrogens with one attached hydrogen (secondary N) is 1. The van der Waals surface area contributed by atoms with Crippen molar-refractivity contribution < 1.29 is 26.6 Å². The molecule has 4 rings (SSSR count). The van der Waals surface area contributed by atoms with Gasteiger partial charge < -0.3 is 26.2 Å². The number of nitrogens with two attached hydrogens (primary N) is 2. The minimum absolute atomic E-state index is 0.0526. The number of nitrogens with zero attached hydrogens (tertiary/aromatic N) is 4. The second-order valence-corrected chi connectivity index (χ2v) is 8.89. The van der Waals surface area contributed by atoms with Crippen LogP contribution in [0.2, 0.25) is 0 Å². The number of amides is 2. The standard InChI is InChI=1S/C16H25N7O6S/c17-14(18)20-6-5-19-4-1-10-7-11(21-28-10)12-8-16(2-3-16)13-9-22(12)15(24)23(13)29-30(25,26)27/h7,12-13,19H,1-6,8-9H2,(H4,17,18,20)(H,25,26,27)/t12-,13-/m0/s1. The van der Waals surface area contributed by atoms with E-state index in [1.165, 1.54) is 4.90 Å². The molecule has 2 aliphatic heterocycles. The van der Waals surface area contributed by atoms with Gasteiger partial charge in [0.15, 0.2) is 5.96 Å². The summed E-state index contributed by atoms with van der Waals surface area (Å²) in [4.78, 5) is 18.1. The molecule has 1 saturated carbocycles. The summed E-state index contributed by atoms with van der Waals surface area (Å²) in [6.07, 6.45) is 2.94. The highest BCUT2D eigenvalue weighted by molar-refractivity contribution is 7.80. The van der Waals surface area contributed by atoms with Gasteiger partial charge in [0.2, 0.25) is 0 Å². The van der Waals surface area contributed by atoms with Gasteiger partial charge in [0.05, 0.1) is 18.6 Å². The molecule has 2 atom stereocenters. The summed E-state index contributed by atoms with van der Waals surface area (Å²) in [5, 5.41) is 8.13. The van der Waals surface area contributed by atoms with E-state index in [0.717, 1.165) is 17.9 Å². The Morgan fingerprint density at radius 1 is 1.43 bits per heavy atom. The minimum Gasteiger partial charge on any atom is -0.370 e. The van der Waals surface area contributed by atoms with Gasteiger partial charge in [0, 0.05) is 32.1 Å². The Balaban J connectivity index is 1.40. The van der Waals surface area contributed by atoms with Crippen LogP contribution < -0.4 is 16.8 Å². The van der Waals surface area contributed by atoms with Gasteiger partial charge in [-0.1, -0.05) is 5.16 Å². The molecule has 2 saturated heterocycles. The molecule has 2 amide bonds. The van der Waals surface area contributed by atoms with Crippen LogP contribution in [0.25, 0.3) is 0 Å². The lowest BCUT2D eigenvalue weighted by Crippen LogP contribution is -2.43. The van der Waals surface area contributed by atoms with E-state index in [4.69, 9.17) is 20.5 Å². The van der Waals surface area contributed by atoms with Crippen molar-refractivity contribution in [2.75, 3.05) is 26.2 Å². The van der Waals surface area contributed by atoms with Crippen LogP contribution >= 0.6 is 0 Å². The number of piperidine rings is 1. The highest BCUT2D eigenvalue weighted by Crippen LogP contribution is 2.61. The summed E-state index contributed by atoms with van der Waals surface area (Å²) < 4.78 is 41.4. The largest absolute Gasteiger partial charge is 0.418 e. The van der Waals surface area contributed by atoms with Gasteiger partial charge in [-0.05, 0) is 24.7 Å². The van der Waals surface area contributed by atoms with E-state index in [0.29, 0.717) is 50.5 Å². The number of carbonyl (C=O) groups excluding carboxylic acids is 1. The van der Waals surface area contributed by atoms with Crippen molar-refractivity contribution >= 4 is 22.4 Å². The van der Waals surface area contributed by atoms with Crippen molar-refractivity contribution in [3.05, 3.63) is 17.5 Å². The van der Waals surface area contributed by atoms with Crippen molar-refractivity contribution in [3.8, 4) is 0 Å². The number of aromatic nitrogens is 1. The van der Waals surface area contributed by atoms with Crippen molar-refractivity contribution in [1.29, 1.82) is 0 Å². The van der Waals surface area contributed by atoms with Crippen LogP contribution in [-0.4, -0.2) is 72.3 Å². The van der Waals surface area contributed by atoms with Crippen molar-refractivity contribution in [2.45, 2.75) is 37.8 Å². The first-order chi connectivity index (χ1) is 14.2. The summed E-state index contributed by atoms with van der Waals surface area (Å²) >= 11 is 0. The molecule has 3 fully saturated rings. The van der Waals surface area contributed by atoms with Gasteiger partial charge in [0.25, 0.3) is 0 Å². The monoisotopic (exact) mass is 443 g/mol. The number of fused-ring (bicyclic) bond motifs is 3. The molecule has 166 valence electrons. The van der Waals surface area contributed by atoms with Gasteiger partial charge in [-0.3, -0.25) is 9.55 Å². The SMILES string of the molecule is NC(N)=NCCNCCc1cc([C@@H]2CC3(CC3)[C@@H]3CN2C(=O)N3OS(=O)(=O)O)no1. The first-order valence-electron chi connectivity index (χ1n) is 9.67. The quantitative estimate of drug-likeness (QED) is 0.162. The van der Waals surface area contributed by atoms with Gasteiger partial charge in [0.1, 0.15) is 11.5 Å². The predicted octanol–water partition coefficient (Wildman–Crippen LogP) is -0.854. The third-order valence-corrected chi connectivity index (χ3v) is 6.24. The molecule has 14 heteroatoms. The molecule has 0 unspecified atom stereocenters. The fourth-order valence-corrected chi connectivity index (χ4v) is 4.66. The zero-order valence-corrected chi connectivity index (χ0v) is 17.0. The first kappa shape index (κ1) is 20.8. The number of rotatable bonds is 9. The number of hydroxylamine groups is 2. The number of hydrogen-bond donors (Lipinski definition) is 4. The van der Waals surface area contributed by atoms with Gasteiger partial charge in [-0.15, -0.1) is 4.28 Å². The average molecular weight is 443 g/mol. The molecular formula is C16H25N7O6S. The van der Waals surface area contributed by atoms with E-state index in [1.54, 1.807) is 0 Å². The van der Waals surface area contributed by atoms with Gasteiger partial charge in [-0.25, -0.2) is 4.79 Å². The maximum Gasteiger partial charge on any atom is 0.418 e. The fraction of sp³-hybridized carbons (Fsp3) is 0.688. The maximum absolute atomic E-state index is 12.7. The molecular weight excluding hydrogens is 418 g/mol. The lowest BCUT2D eigenvalue weighted by molar-refractivity contribution is -0.0527. The van der Waals surface area contributed by atoms with E-state index in [2.05, 4.69) is 19.7 Å². The summed E-state index contributed by atoms with van der Waals surface area (Å²) in [5.74, 6) is 0.723. The summed E-state index contributed by atoms with van der Waals surface area (Å²) in [7, 11) is -4.79. The van der Waals surface area contributed by atoms with Crippen LogP contribution in [0.15, 0.2) is 15.6 Å². The van der Waals surface area contributed by atoms with E-state index in [9.17, 15) is 13.2 Å². The number of carbonyl (C=O) groups is 1. The van der Waals surface area contributed by atoms with E-state index in [1.807, 2.05) is 6.07 Å². The molecule has 30 heavy (non-hydrogen) atoms. The van der Waals surface area contributed by atoms with Crippen LogP contribution in [0.4, 0.5) is 4.79 Å². The molecule has 1 aromatic heterocycles. The number of aliphatic imine (C=N–C) groups is 1. The van der Waals surface area contributed by atoms with E-state index in [-0.39, 0.29) is 17.4 Å². The smallest absolute Gasteiger partial charge is 0.370 e. The molecule has 1 spiro atoms. The van der Waals surface area contributed by atoms with Crippen LogP contribution in [-0.2, 0) is 21.1 Å². The second-order valence-electron chi connectivity index (χ2n) is 7.89. The van der Waals surface area contributed by atoms with Crippen LogP contribution in [0.5, 0.6) is 0 Å². The lowest BCUT2D eigenvalue weighted by atomic mass is 9.84. The van der Waals surface area contributed by atoms with Crippen LogP contribution in [0.3, 0.4) is 0 Å². The molecule has 13 nitrogen and oxygen atoms in total. The Morgan fingerprint density at radius 2 is 2.20 bits per heavy atom. The van der Waals surface area contributed by atoms with Crippen LogP contribution in [0, 0.1) is 5.41 Å². The zero-order valence-electron chi connectivity index (χ0n) is 16.2. The summed E-state index contributed by atoms with van der Waals surface area (Å²) in [5.41, 5.74) is 10.9. The molecule has 1 aromatic rings. The molecule has 0 radical (unpaired) electrons. The highest BCUT2D eigenvalue weighted by Gasteiger charge is 2.64. The fourth-order valence-electron chi connectivity index (χ4n) is 4.28. The maximum atomic E-state index is 12.7. The predicted molar refractivity (Wildman–Crippen MR) is 103 cm³/mol. The zero-order chi connectivity index (χ0) is 21.5. The van der Waals surface area contributed by atoms with Gasteiger partial charge in [-0.2, -0.15) is 13.5 Å². The lowest BCUT2D eigenvalue weighted by Gasteiger charge is -2.35. The third kappa shape index (κ3) is 4.21. The Bertz CT molecular complexity index is 940. The van der Waals surface area contributed by atoms with Gasteiger partial charge >= 0.3 is 16.4 Å². The number of guanidine groups is 1. The Morgan fingerprint density at radius 3 is 2.87 bits per heavy atom. The van der Waals surface area contributed by atoms with E-state index >= 15 is 0 Å². The Kier molecular flexibility index (Phi) is 5.34. The normalized spacial score (nSPS) is 24.5. The molecule has 2 bridgehead atoms. The topological polar surface area (TPSA) is 190 Å². The van der Waals surface area contributed by atoms with E-state index < -0.39 is 22.5 Å². The first-order valence-corrected chi connectivity index (χ1v) is 11.0. The Labute approximate surface area is 173 Å².